The van der Waals surface area contributed by atoms with Crippen LogP contribution in [0.2, 0.25) is 0 Å². The van der Waals surface area contributed by atoms with Gasteiger partial charge in [-0.15, -0.1) is 0 Å². The highest BCUT2D eigenvalue weighted by Crippen LogP contribution is 2.23. The van der Waals surface area contributed by atoms with Crippen LogP contribution in [-0.4, -0.2) is 33.9 Å². The van der Waals surface area contributed by atoms with Gasteiger partial charge in [-0.3, -0.25) is 9.59 Å². The average Bonchev–Trinajstić information content (AvgIpc) is 3.25. The molecule has 0 aromatic heterocycles. The van der Waals surface area contributed by atoms with Crippen molar-refractivity contribution in [3.63, 3.8) is 0 Å². The summed E-state index contributed by atoms with van der Waals surface area (Å²) in [5.74, 6) is 0.502. The lowest BCUT2D eigenvalue weighted by Gasteiger charge is -2.13. The van der Waals surface area contributed by atoms with Crippen LogP contribution in [-0.2, 0) is 13.0 Å². The number of ether oxygens (including phenoxy) is 1. The van der Waals surface area contributed by atoms with Crippen LogP contribution in [0.25, 0.3) is 16.9 Å². The second-order valence-electron chi connectivity index (χ2n) is 8.46. The van der Waals surface area contributed by atoms with Gasteiger partial charge in [0.15, 0.2) is 0 Å². The first-order chi connectivity index (χ1) is 17.6. The molecule has 0 saturated heterocycles. The first kappa shape index (κ1) is 23.1. The van der Waals surface area contributed by atoms with E-state index in [0.29, 0.717) is 42.0 Å². The Morgan fingerprint density at radius 3 is 2.36 bits per heavy atom. The number of fused-ring (bicyclic) bond motifs is 1. The van der Waals surface area contributed by atoms with Gasteiger partial charge in [0.2, 0.25) is 0 Å². The number of aromatic nitrogens is 3. The topological polar surface area (TPSA) is 78.1 Å². The number of para-hydroxylation sites is 2. The van der Waals surface area contributed by atoms with Gasteiger partial charge in [0, 0.05) is 25.5 Å². The van der Waals surface area contributed by atoms with Crippen LogP contribution in [0, 0.1) is 0 Å². The lowest BCUT2D eigenvalue weighted by molar-refractivity contribution is 0.0953. The largest absolute Gasteiger partial charge is 0.496 e. The maximum Gasteiger partial charge on any atom is 0.282 e. The highest BCUT2D eigenvalue weighted by atomic mass is 16.5. The van der Waals surface area contributed by atoms with Crippen molar-refractivity contribution >= 4 is 5.91 Å². The van der Waals surface area contributed by atoms with Crippen molar-refractivity contribution in [3.05, 3.63) is 124 Å². The minimum Gasteiger partial charge on any atom is -0.496 e. The van der Waals surface area contributed by atoms with E-state index in [4.69, 9.17) is 4.74 Å². The van der Waals surface area contributed by atoms with Crippen LogP contribution in [0.15, 0.2) is 102 Å². The number of hydrogen-bond donors (Lipinski definition) is 1. The van der Waals surface area contributed by atoms with Crippen molar-refractivity contribution in [2.24, 2.45) is 0 Å². The molecule has 7 nitrogen and oxygen atoms in total. The van der Waals surface area contributed by atoms with Crippen molar-refractivity contribution in [1.82, 2.24) is 19.7 Å². The molecule has 36 heavy (non-hydrogen) atoms. The predicted octanol–water partition coefficient (Wildman–Crippen LogP) is 4.17. The summed E-state index contributed by atoms with van der Waals surface area (Å²) in [7, 11) is 1.63. The number of methoxy groups -OCH3 is 1. The molecule has 0 radical (unpaired) electrons. The van der Waals surface area contributed by atoms with Crippen LogP contribution >= 0.6 is 0 Å². The molecule has 180 valence electrons. The predicted molar refractivity (Wildman–Crippen MR) is 139 cm³/mol. The van der Waals surface area contributed by atoms with Gasteiger partial charge in [0.1, 0.15) is 11.4 Å². The fourth-order valence-electron chi connectivity index (χ4n) is 4.27. The standard InChI is InChI=1S/C29H26N4O3/c1-36-26-15-9-8-12-22(26)16-17-30-28(34)24-19-32(18-21-10-4-2-5-11-21)20-25-27(24)31-33(29(25)35)23-13-6-3-7-14-23/h2-15,19-20H,16-18H2,1H3,(H,30,34). The molecule has 0 bridgehead atoms. The summed E-state index contributed by atoms with van der Waals surface area (Å²) >= 11 is 0. The van der Waals surface area contributed by atoms with E-state index in [0.717, 1.165) is 16.9 Å². The van der Waals surface area contributed by atoms with E-state index in [1.807, 2.05) is 89.5 Å². The summed E-state index contributed by atoms with van der Waals surface area (Å²) in [6.45, 7) is 0.937. The molecule has 1 N–H and O–H groups in total. The van der Waals surface area contributed by atoms with E-state index in [1.165, 1.54) is 4.68 Å². The molecule has 3 aromatic rings. The number of hydrogen-bond acceptors (Lipinski definition) is 4. The molecule has 0 aliphatic carbocycles. The Hall–Kier alpha value is -4.65. The minimum atomic E-state index is -0.282. The van der Waals surface area contributed by atoms with Crippen LogP contribution in [0.5, 0.6) is 5.75 Å². The van der Waals surface area contributed by atoms with Gasteiger partial charge in [-0.2, -0.15) is 9.78 Å². The molecule has 0 atom stereocenters. The Labute approximate surface area is 208 Å². The third kappa shape index (κ3) is 4.77. The molecule has 2 aliphatic heterocycles. The second kappa shape index (κ2) is 10.3. The number of rotatable bonds is 8. The zero-order chi connectivity index (χ0) is 24.9. The number of carbonyl (C=O) groups excluding carboxylic acids is 1. The first-order valence-electron chi connectivity index (χ1n) is 11.8. The molecule has 1 amide bonds. The number of amides is 1. The van der Waals surface area contributed by atoms with E-state index in [1.54, 1.807) is 19.5 Å². The number of pyridine rings is 1. The first-order valence-corrected chi connectivity index (χ1v) is 11.8. The molecule has 0 spiro atoms. The number of nitrogens with one attached hydrogen (secondary N) is 1. The van der Waals surface area contributed by atoms with Crippen LogP contribution in [0.3, 0.4) is 0 Å². The normalized spacial score (nSPS) is 10.9. The van der Waals surface area contributed by atoms with E-state index in [2.05, 4.69) is 10.4 Å². The van der Waals surface area contributed by atoms with Crippen LogP contribution in [0.4, 0.5) is 0 Å². The van der Waals surface area contributed by atoms with Crippen LogP contribution in [0.1, 0.15) is 21.5 Å². The zero-order valence-corrected chi connectivity index (χ0v) is 19.9. The Balaban J connectivity index is 1.49. The summed E-state index contributed by atoms with van der Waals surface area (Å²) in [4.78, 5) is 26.7. The monoisotopic (exact) mass is 478 g/mol. The van der Waals surface area contributed by atoms with Gasteiger partial charge in [-0.05, 0) is 35.7 Å². The maximum absolute atomic E-state index is 13.4. The molecule has 2 heterocycles. The Morgan fingerprint density at radius 2 is 1.61 bits per heavy atom. The van der Waals surface area contributed by atoms with Crippen LogP contribution < -0.4 is 15.6 Å². The maximum atomic E-state index is 13.4. The van der Waals surface area contributed by atoms with Gasteiger partial charge in [-0.25, -0.2) is 0 Å². The quantitative estimate of drug-likeness (QED) is 0.363. The lowest BCUT2D eigenvalue weighted by atomic mass is 10.1. The van der Waals surface area contributed by atoms with E-state index in [-0.39, 0.29) is 11.5 Å². The molecule has 7 heteroatoms. The Kier molecular flexibility index (Phi) is 6.62. The Bertz CT molecular complexity index is 1510. The summed E-state index contributed by atoms with van der Waals surface area (Å²) in [5, 5.41) is 7.55. The SMILES string of the molecule is COc1ccccc1CCNC(=O)c1cn(Cc2ccccc2)cc2c(=O)n(-c3ccccc3)nc1-2. The number of nitrogens with zero attached hydrogens (tertiary/aromatic N) is 3. The summed E-state index contributed by atoms with van der Waals surface area (Å²) in [6.07, 6.45) is 4.14. The van der Waals surface area contributed by atoms with Crippen molar-refractivity contribution in [1.29, 1.82) is 0 Å². The van der Waals surface area contributed by atoms with Crippen molar-refractivity contribution in [3.8, 4) is 22.7 Å². The molecule has 0 unspecified atom stereocenters. The van der Waals surface area contributed by atoms with E-state index in [9.17, 15) is 9.59 Å². The Morgan fingerprint density at radius 1 is 0.917 bits per heavy atom. The summed E-state index contributed by atoms with van der Waals surface area (Å²) in [6, 6.07) is 26.9. The number of benzene rings is 3. The molecule has 0 fully saturated rings. The summed E-state index contributed by atoms with van der Waals surface area (Å²) in [5.41, 5.74) is 3.59. The highest BCUT2D eigenvalue weighted by Gasteiger charge is 2.24. The fraction of sp³-hybridized carbons (Fsp3) is 0.138. The highest BCUT2D eigenvalue weighted by molar-refractivity contribution is 5.99. The van der Waals surface area contributed by atoms with Gasteiger partial charge < -0.3 is 14.6 Å². The molecule has 2 aliphatic rings. The van der Waals surface area contributed by atoms with Gasteiger partial charge >= 0.3 is 0 Å². The third-order valence-corrected chi connectivity index (χ3v) is 6.05. The summed E-state index contributed by atoms with van der Waals surface area (Å²) < 4.78 is 8.63. The average molecular weight is 479 g/mol. The molecular weight excluding hydrogens is 452 g/mol. The third-order valence-electron chi connectivity index (χ3n) is 6.05. The van der Waals surface area contributed by atoms with E-state index < -0.39 is 0 Å². The van der Waals surface area contributed by atoms with Crippen molar-refractivity contribution in [2.75, 3.05) is 13.7 Å². The van der Waals surface area contributed by atoms with Gasteiger partial charge in [0.05, 0.1) is 23.9 Å². The minimum absolute atomic E-state index is 0.262. The lowest BCUT2D eigenvalue weighted by Crippen LogP contribution is -2.27. The van der Waals surface area contributed by atoms with E-state index >= 15 is 0 Å². The van der Waals surface area contributed by atoms with Gasteiger partial charge in [-0.1, -0.05) is 66.7 Å². The smallest absolute Gasteiger partial charge is 0.282 e. The zero-order valence-electron chi connectivity index (χ0n) is 19.9. The van der Waals surface area contributed by atoms with Gasteiger partial charge in [0.25, 0.3) is 11.5 Å². The molecular formula is C29H26N4O3. The molecule has 0 saturated carbocycles. The fourth-order valence-corrected chi connectivity index (χ4v) is 4.27. The number of carbonyl (C=O) groups is 1. The van der Waals surface area contributed by atoms with Crippen molar-refractivity contribution in [2.45, 2.75) is 13.0 Å². The molecule has 5 rings (SSSR count). The molecule has 3 aromatic carbocycles. The van der Waals surface area contributed by atoms with Crippen molar-refractivity contribution < 1.29 is 9.53 Å². The second-order valence-corrected chi connectivity index (χ2v) is 8.46.